The zero-order valence-electron chi connectivity index (χ0n) is 9.26. The molecule has 0 aromatic rings. The van der Waals surface area contributed by atoms with E-state index in [4.69, 9.17) is 14.2 Å². The van der Waals surface area contributed by atoms with Gasteiger partial charge in [-0.25, -0.2) is 0 Å². The quantitative estimate of drug-likeness (QED) is 0.531. The van der Waals surface area contributed by atoms with E-state index in [9.17, 15) is 9.59 Å². The van der Waals surface area contributed by atoms with Gasteiger partial charge < -0.3 is 14.2 Å². The highest BCUT2D eigenvalue weighted by Gasteiger charge is 2.46. The fraction of sp³-hybridized carbons (Fsp3) is 0.455. The SMILES string of the molecule is CCOC(=O)C1(C(=O)OCC)C=COC=C1. The summed E-state index contributed by atoms with van der Waals surface area (Å²) in [6.45, 7) is 3.73. The lowest BCUT2D eigenvalue weighted by molar-refractivity contribution is -0.164. The van der Waals surface area contributed by atoms with Crippen LogP contribution in [-0.4, -0.2) is 25.2 Å². The van der Waals surface area contributed by atoms with Crippen LogP contribution < -0.4 is 0 Å². The van der Waals surface area contributed by atoms with Gasteiger partial charge in [0.2, 0.25) is 5.41 Å². The van der Waals surface area contributed by atoms with Gasteiger partial charge in [0, 0.05) is 0 Å². The molecule has 0 atom stereocenters. The molecule has 1 aliphatic rings. The third-order valence-corrected chi connectivity index (χ3v) is 2.05. The second-order valence-electron chi connectivity index (χ2n) is 3.05. The normalized spacial score (nSPS) is 16.4. The molecule has 0 aromatic carbocycles. The lowest BCUT2D eigenvalue weighted by Gasteiger charge is -2.23. The molecule has 0 saturated heterocycles. The Bertz CT molecular complexity index is 297. The molecule has 0 radical (unpaired) electrons. The second-order valence-corrected chi connectivity index (χ2v) is 3.05. The summed E-state index contributed by atoms with van der Waals surface area (Å²) >= 11 is 0. The van der Waals surface area contributed by atoms with Gasteiger partial charge in [0.05, 0.1) is 25.7 Å². The van der Waals surface area contributed by atoms with Gasteiger partial charge in [-0.1, -0.05) is 0 Å². The highest BCUT2D eigenvalue weighted by atomic mass is 16.6. The Kier molecular flexibility index (Phi) is 4.10. The molecule has 0 bridgehead atoms. The Labute approximate surface area is 93.7 Å². The molecule has 1 aliphatic heterocycles. The number of ether oxygens (including phenoxy) is 3. The minimum Gasteiger partial charge on any atom is -0.473 e. The van der Waals surface area contributed by atoms with Crippen LogP contribution in [0, 0.1) is 5.41 Å². The van der Waals surface area contributed by atoms with E-state index >= 15 is 0 Å². The number of esters is 2. The van der Waals surface area contributed by atoms with Crippen molar-refractivity contribution >= 4 is 11.9 Å². The summed E-state index contributed by atoms with van der Waals surface area (Å²) in [5, 5.41) is 0. The van der Waals surface area contributed by atoms with Crippen molar-refractivity contribution in [2.75, 3.05) is 13.2 Å². The molecule has 0 saturated carbocycles. The molecule has 0 aromatic heterocycles. The number of rotatable bonds is 4. The molecule has 0 aliphatic carbocycles. The Morgan fingerprint density at radius 3 is 1.88 bits per heavy atom. The molecule has 0 spiro atoms. The van der Waals surface area contributed by atoms with Crippen molar-refractivity contribution in [2.45, 2.75) is 13.8 Å². The van der Waals surface area contributed by atoms with Gasteiger partial charge in [0.25, 0.3) is 0 Å². The standard InChI is InChI=1S/C11H14O5/c1-3-15-9(12)11(10(13)16-4-2)5-7-14-8-6-11/h5-8H,3-4H2,1-2H3. The number of hydrogen-bond acceptors (Lipinski definition) is 5. The molecule has 5 heteroatoms. The summed E-state index contributed by atoms with van der Waals surface area (Å²) < 4.78 is 14.5. The third kappa shape index (κ3) is 2.24. The lowest BCUT2D eigenvalue weighted by Crippen LogP contribution is -2.39. The minimum atomic E-state index is -1.51. The van der Waals surface area contributed by atoms with E-state index in [0.29, 0.717) is 0 Å². The lowest BCUT2D eigenvalue weighted by atomic mass is 9.87. The predicted octanol–water partition coefficient (Wildman–Crippen LogP) is 1.16. The summed E-state index contributed by atoms with van der Waals surface area (Å²) in [6.07, 6.45) is 5.16. The average molecular weight is 226 g/mol. The van der Waals surface area contributed by atoms with E-state index in [-0.39, 0.29) is 13.2 Å². The van der Waals surface area contributed by atoms with Crippen LogP contribution in [0.2, 0.25) is 0 Å². The van der Waals surface area contributed by atoms with Gasteiger partial charge in [-0.15, -0.1) is 0 Å². The van der Waals surface area contributed by atoms with Crippen molar-refractivity contribution in [1.29, 1.82) is 0 Å². The Hall–Kier alpha value is -1.78. The van der Waals surface area contributed by atoms with Crippen LogP contribution >= 0.6 is 0 Å². The van der Waals surface area contributed by atoms with Crippen LogP contribution in [0.4, 0.5) is 0 Å². The summed E-state index contributed by atoms with van der Waals surface area (Å²) in [5.74, 6) is -1.33. The number of hydrogen-bond donors (Lipinski definition) is 0. The molecule has 16 heavy (non-hydrogen) atoms. The Balaban J connectivity index is 2.97. The molecule has 0 N–H and O–H groups in total. The highest BCUT2D eigenvalue weighted by molar-refractivity contribution is 6.04. The largest absolute Gasteiger partial charge is 0.473 e. The first-order valence-electron chi connectivity index (χ1n) is 5.02. The zero-order chi connectivity index (χ0) is 12.0. The molecule has 0 fully saturated rings. The predicted molar refractivity (Wildman–Crippen MR) is 55.1 cm³/mol. The maximum atomic E-state index is 11.8. The van der Waals surface area contributed by atoms with Gasteiger partial charge in [0.1, 0.15) is 0 Å². The Morgan fingerprint density at radius 2 is 1.50 bits per heavy atom. The van der Waals surface area contributed by atoms with Crippen molar-refractivity contribution in [3.8, 4) is 0 Å². The van der Waals surface area contributed by atoms with Gasteiger partial charge in [0.15, 0.2) is 0 Å². The number of carbonyl (C=O) groups excluding carboxylic acids is 2. The van der Waals surface area contributed by atoms with Crippen LogP contribution in [0.5, 0.6) is 0 Å². The smallest absolute Gasteiger partial charge is 0.331 e. The molecule has 5 nitrogen and oxygen atoms in total. The van der Waals surface area contributed by atoms with E-state index in [1.54, 1.807) is 13.8 Å². The molecule has 88 valence electrons. The molecular formula is C11H14O5. The molecule has 1 heterocycles. The molecule has 1 rings (SSSR count). The van der Waals surface area contributed by atoms with E-state index in [1.165, 1.54) is 24.7 Å². The van der Waals surface area contributed by atoms with Crippen molar-refractivity contribution < 1.29 is 23.8 Å². The van der Waals surface area contributed by atoms with E-state index in [0.717, 1.165) is 0 Å². The van der Waals surface area contributed by atoms with Crippen LogP contribution in [0.1, 0.15) is 13.8 Å². The van der Waals surface area contributed by atoms with Crippen LogP contribution in [0.15, 0.2) is 24.7 Å². The van der Waals surface area contributed by atoms with E-state index < -0.39 is 17.4 Å². The minimum absolute atomic E-state index is 0.197. The second kappa shape index (κ2) is 5.34. The first-order valence-corrected chi connectivity index (χ1v) is 5.02. The fourth-order valence-corrected chi connectivity index (χ4v) is 1.25. The first-order chi connectivity index (χ1) is 7.67. The van der Waals surface area contributed by atoms with Gasteiger partial charge in [-0.3, -0.25) is 9.59 Å². The summed E-state index contributed by atoms with van der Waals surface area (Å²) in [7, 11) is 0. The summed E-state index contributed by atoms with van der Waals surface area (Å²) in [6, 6.07) is 0. The number of carbonyl (C=O) groups is 2. The maximum absolute atomic E-state index is 11.8. The van der Waals surface area contributed by atoms with E-state index in [1.807, 2.05) is 0 Å². The zero-order valence-corrected chi connectivity index (χ0v) is 9.26. The van der Waals surface area contributed by atoms with Gasteiger partial charge >= 0.3 is 11.9 Å². The van der Waals surface area contributed by atoms with Crippen LogP contribution in [-0.2, 0) is 23.8 Å². The summed E-state index contributed by atoms with van der Waals surface area (Å²) in [5.41, 5.74) is -1.51. The first kappa shape index (κ1) is 12.3. The maximum Gasteiger partial charge on any atom is 0.331 e. The molecular weight excluding hydrogens is 212 g/mol. The van der Waals surface area contributed by atoms with E-state index in [2.05, 4.69) is 0 Å². The van der Waals surface area contributed by atoms with Crippen LogP contribution in [0.3, 0.4) is 0 Å². The summed E-state index contributed by atoms with van der Waals surface area (Å²) in [4.78, 5) is 23.5. The van der Waals surface area contributed by atoms with Crippen molar-refractivity contribution in [3.63, 3.8) is 0 Å². The monoisotopic (exact) mass is 226 g/mol. The van der Waals surface area contributed by atoms with Gasteiger partial charge in [-0.2, -0.15) is 0 Å². The molecule has 0 amide bonds. The Morgan fingerprint density at radius 1 is 1.06 bits per heavy atom. The highest BCUT2D eigenvalue weighted by Crippen LogP contribution is 2.28. The topological polar surface area (TPSA) is 61.8 Å². The van der Waals surface area contributed by atoms with Crippen molar-refractivity contribution in [3.05, 3.63) is 24.7 Å². The van der Waals surface area contributed by atoms with Crippen molar-refractivity contribution in [1.82, 2.24) is 0 Å². The van der Waals surface area contributed by atoms with Crippen LogP contribution in [0.25, 0.3) is 0 Å². The third-order valence-electron chi connectivity index (χ3n) is 2.05. The van der Waals surface area contributed by atoms with Crippen molar-refractivity contribution in [2.24, 2.45) is 5.41 Å². The molecule has 0 unspecified atom stereocenters. The average Bonchev–Trinajstić information content (AvgIpc) is 2.30. The fourth-order valence-electron chi connectivity index (χ4n) is 1.25. The van der Waals surface area contributed by atoms with Gasteiger partial charge in [-0.05, 0) is 26.0 Å².